The summed E-state index contributed by atoms with van der Waals surface area (Å²) in [6.45, 7) is 8.26. The Labute approximate surface area is 126 Å². The zero-order valence-electron chi connectivity index (χ0n) is 12.9. The van der Waals surface area contributed by atoms with E-state index in [1.54, 1.807) is 0 Å². The van der Waals surface area contributed by atoms with Crippen molar-refractivity contribution in [2.24, 2.45) is 5.41 Å². The lowest BCUT2D eigenvalue weighted by molar-refractivity contribution is 0.220. The lowest BCUT2D eigenvalue weighted by Crippen LogP contribution is -2.24. The number of rotatable bonds is 9. The van der Waals surface area contributed by atoms with E-state index in [0.29, 0.717) is 0 Å². The predicted molar refractivity (Wildman–Crippen MR) is 86.6 cm³/mol. The third kappa shape index (κ3) is 5.96. The number of anilines is 2. The average molecular weight is 298 g/mol. The summed E-state index contributed by atoms with van der Waals surface area (Å²) in [5.74, 6) is 1.68. The lowest BCUT2D eigenvalue weighted by Gasteiger charge is -2.24. The number of nitrogens with zero attached hydrogens (tertiary/aromatic N) is 2. The average Bonchev–Trinajstić information content (AvgIpc) is 2.43. The summed E-state index contributed by atoms with van der Waals surface area (Å²) >= 11 is 1.53. The van der Waals surface area contributed by atoms with E-state index in [4.69, 9.17) is 5.11 Å². The number of hydrogen-bond acceptors (Lipinski definition) is 6. The Bertz CT molecular complexity index is 412. The Hall–Kier alpha value is -1.01. The van der Waals surface area contributed by atoms with Crippen molar-refractivity contribution in [1.29, 1.82) is 0 Å². The van der Waals surface area contributed by atoms with Crippen molar-refractivity contribution >= 4 is 23.4 Å². The largest absolute Gasteiger partial charge is 0.396 e. The highest BCUT2D eigenvalue weighted by molar-refractivity contribution is 7.98. The maximum Gasteiger partial charge on any atom is 0.191 e. The van der Waals surface area contributed by atoms with Gasteiger partial charge in [-0.05, 0) is 24.5 Å². The van der Waals surface area contributed by atoms with E-state index in [1.165, 1.54) is 11.8 Å². The Morgan fingerprint density at radius 3 is 2.45 bits per heavy atom. The number of thioether (sulfide) groups is 1. The van der Waals surface area contributed by atoms with Crippen LogP contribution in [0, 0.1) is 5.41 Å². The highest BCUT2D eigenvalue weighted by Crippen LogP contribution is 2.22. The molecule has 1 aromatic heterocycles. The van der Waals surface area contributed by atoms with Crippen LogP contribution in [0.1, 0.15) is 33.6 Å². The fourth-order valence-corrected chi connectivity index (χ4v) is 2.05. The quantitative estimate of drug-likeness (QED) is 0.481. The number of aliphatic hydroxyl groups excluding tert-OH is 1. The third-order valence-corrected chi connectivity index (χ3v) is 3.53. The minimum Gasteiger partial charge on any atom is -0.396 e. The van der Waals surface area contributed by atoms with Crippen LogP contribution in [-0.4, -0.2) is 41.0 Å². The van der Waals surface area contributed by atoms with Crippen LogP contribution in [-0.2, 0) is 0 Å². The molecule has 20 heavy (non-hydrogen) atoms. The van der Waals surface area contributed by atoms with Gasteiger partial charge in [-0.15, -0.1) is 0 Å². The maximum absolute atomic E-state index is 9.06. The molecule has 0 aliphatic rings. The smallest absolute Gasteiger partial charge is 0.191 e. The SMILES string of the molecule is CCCNc1cc(NCC(C)(C)CCO)nc(SC)n1. The number of aliphatic hydroxyl groups is 1. The number of hydrogen-bond donors (Lipinski definition) is 3. The van der Waals surface area contributed by atoms with E-state index in [9.17, 15) is 0 Å². The molecule has 0 amide bonds. The number of nitrogens with one attached hydrogen (secondary N) is 2. The van der Waals surface area contributed by atoms with Gasteiger partial charge in [-0.2, -0.15) is 0 Å². The predicted octanol–water partition coefficient (Wildman–Crippen LogP) is 2.84. The molecule has 0 unspecified atom stereocenters. The summed E-state index contributed by atoms with van der Waals surface area (Å²) in [6.07, 6.45) is 3.80. The topological polar surface area (TPSA) is 70.1 Å². The first kappa shape index (κ1) is 17.0. The monoisotopic (exact) mass is 298 g/mol. The van der Waals surface area contributed by atoms with Crippen LogP contribution in [0.2, 0.25) is 0 Å². The fraction of sp³-hybridized carbons (Fsp3) is 0.714. The minimum absolute atomic E-state index is 0.0379. The van der Waals surface area contributed by atoms with Gasteiger partial charge in [-0.25, -0.2) is 9.97 Å². The molecule has 3 N–H and O–H groups in total. The Morgan fingerprint density at radius 2 is 1.90 bits per heavy atom. The normalized spacial score (nSPS) is 11.4. The maximum atomic E-state index is 9.06. The second kappa shape index (κ2) is 8.32. The molecule has 0 spiro atoms. The fourth-order valence-electron chi connectivity index (χ4n) is 1.67. The molecule has 0 bridgehead atoms. The van der Waals surface area contributed by atoms with Crippen molar-refractivity contribution in [2.45, 2.75) is 38.8 Å². The van der Waals surface area contributed by atoms with Crippen molar-refractivity contribution in [3.63, 3.8) is 0 Å². The minimum atomic E-state index is 0.0379. The molecule has 1 aromatic rings. The first-order valence-electron chi connectivity index (χ1n) is 7.02. The van der Waals surface area contributed by atoms with Crippen molar-refractivity contribution < 1.29 is 5.11 Å². The van der Waals surface area contributed by atoms with Gasteiger partial charge in [0, 0.05) is 25.8 Å². The van der Waals surface area contributed by atoms with Crippen LogP contribution in [0.25, 0.3) is 0 Å². The van der Waals surface area contributed by atoms with Crippen molar-refractivity contribution in [3.05, 3.63) is 6.07 Å². The van der Waals surface area contributed by atoms with Gasteiger partial charge in [0.25, 0.3) is 0 Å². The van der Waals surface area contributed by atoms with Crippen LogP contribution >= 0.6 is 11.8 Å². The van der Waals surface area contributed by atoms with Crippen LogP contribution < -0.4 is 10.6 Å². The first-order valence-corrected chi connectivity index (χ1v) is 8.25. The van der Waals surface area contributed by atoms with Gasteiger partial charge in [0.1, 0.15) is 11.6 Å². The van der Waals surface area contributed by atoms with Crippen LogP contribution in [0.3, 0.4) is 0 Å². The van der Waals surface area contributed by atoms with E-state index in [-0.39, 0.29) is 12.0 Å². The van der Waals surface area contributed by atoms with E-state index in [1.807, 2.05) is 12.3 Å². The van der Waals surface area contributed by atoms with Gasteiger partial charge in [0.2, 0.25) is 0 Å². The zero-order valence-corrected chi connectivity index (χ0v) is 13.7. The Kier molecular flexibility index (Phi) is 7.09. The molecule has 0 saturated carbocycles. The van der Waals surface area contributed by atoms with Gasteiger partial charge < -0.3 is 15.7 Å². The van der Waals surface area contributed by atoms with Crippen molar-refractivity contribution in [2.75, 3.05) is 36.6 Å². The second-order valence-corrected chi connectivity index (χ2v) is 6.32. The van der Waals surface area contributed by atoms with E-state index in [0.717, 1.165) is 42.7 Å². The molecule has 0 aliphatic carbocycles. The summed E-state index contributed by atoms with van der Waals surface area (Å²) in [5.41, 5.74) is 0.0379. The molecule has 6 heteroatoms. The van der Waals surface area contributed by atoms with Gasteiger partial charge >= 0.3 is 0 Å². The van der Waals surface area contributed by atoms with Crippen LogP contribution in [0.4, 0.5) is 11.6 Å². The van der Waals surface area contributed by atoms with Crippen LogP contribution in [0.5, 0.6) is 0 Å². The first-order chi connectivity index (χ1) is 9.50. The summed E-state index contributed by atoms with van der Waals surface area (Å²) < 4.78 is 0. The zero-order chi connectivity index (χ0) is 15.0. The summed E-state index contributed by atoms with van der Waals surface area (Å²) in [5, 5.41) is 16.4. The van der Waals surface area contributed by atoms with E-state index in [2.05, 4.69) is 41.4 Å². The molecule has 0 saturated heterocycles. The molecular weight excluding hydrogens is 272 g/mol. The molecule has 0 radical (unpaired) electrons. The van der Waals surface area contributed by atoms with Gasteiger partial charge in [0.15, 0.2) is 5.16 Å². The molecular formula is C14H26N4OS. The van der Waals surface area contributed by atoms with Crippen molar-refractivity contribution in [1.82, 2.24) is 9.97 Å². The van der Waals surface area contributed by atoms with Gasteiger partial charge in [0.05, 0.1) is 0 Å². The molecule has 0 fully saturated rings. The van der Waals surface area contributed by atoms with Crippen molar-refractivity contribution in [3.8, 4) is 0 Å². The summed E-state index contributed by atoms with van der Waals surface area (Å²) in [7, 11) is 0. The second-order valence-electron chi connectivity index (χ2n) is 5.54. The molecule has 1 heterocycles. The highest BCUT2D eigenvalue weighted by atomic mass is 32.2. The molecule has 5 nitrogen and oxygen atoms in total. The van der Waals surface area contributed by atoms with E-state index < -0.39 is 0 Å². The van der Waals surface area contributed by atoms with Crippen LogP contribution in [0.15, 0.2) is 11.2 Å². The lowest BCUT2D eigenvalue weighted by atomic mass is 9.90. The van der Waals surface area contributed by atoms with Gasteiger partial charge in [-0.1, -0.05) is 32.5 Å². The highest BCUT2D eigenvalue weighted by Gasteiger charge is 2.17. The summed E-state index contributed by atoms with van der Waals surface area (Å²) in [4.78, 5) is 8.89. The molecule has 0 atom stereocenters. The molecule has 0 aliphatic heterocycles. The molecule has 0 aromatic carbocycles. The molecule has 114 valence electrons. The Balaban J connectivity index is 2.73. The Morgan fingerprint density at radius 1 is 1.25 bits per heavy atom. The van der Waals surface area contributed by atoms with E-state index >= 15 is 0 Å². The third-order valence-electron chi connectivity index (χ3n) is 2.98. The standard InChI is InChI=1S/C14H26N4OS/c1-5-7-15-11-9-12(18-13(17-11)20-4)16-10-14(2,3)6-8-19/h9,19H,5-8,10H2,1-4H3,(H2,15,16,17,18). The number of aromatic nitrogens is 2. The van der Waals surface area contributed by atoms with Gasteiger partial charge in [-0.3, -0.25) is 0 Å². The summed E-state index contributed by atoms with van der Waals surface area (Å²) in [6, 6.07) is 1.93. The molecule has 1 rings (SSSR count).